The Hall–Kier alpha value is 0.596. The molecule has 1 aromatic rings. The minimum absolute atomic E-state index is 0. The smallest absolute Gasteiger partial charge is 0.548 e. The van der Waals surface area contributed by atoms with Crippen LogP contribution in [0.25, 0.3) is 0 Å². The number of β-lactam (4-membered cyclic amide) rings is 1. The summed E-state index contributed by atoms with van der Waals surface area (Å²) in [5.74, 6) is -2.34. The molecule has 0 bridgehead atoms. The molecule has 24 heavy (non-hydrogen) atoms. The number of thiazole rings is 1. The number of alkyl halides is 1. The van der Waals surface area contributed by atoms with Crippen molar-refractivity contribution < 1.29 is 79.6 Å². The van der Waals surface area contributed by atoms with E-state index < -0.39 is 48.8 Å². The van der Waals surface area contributed by atoms with Crippen molar-refractivity contribution in [1.29, 1.82) is 0 Å². The van der Waals surface area contributed by atoms with Crippen LogP contribution in [-0.4, -0.2) is 58.1 Å². The Kier molecular flexibility index (Phi) is 5.78. The number of nitrogens with zero attached hydrogens (tertiary/aromatic N) is 2. The summed E-state index contributed by atoms with van der Waals surface area (Å²) < 4.78 is 22.6. The van der Waals surface area contributed by atoms with Gasteiger partial charge in [-0.2, -0.15) is 0 Å². The van der Waals surface area contributed by atoms with Crippen LogP contribution in [0.3, 0.4) is 0 Å². The number of carboxylic acids is 1. The number of hydrogen-bond acceptors (Lipinski definition) is 8. The molecule has 3 heterocycles. The van der Waals surface area contributed by atoms with Gasteiger partial charge in [0.25, 0.3) is 5.91 Å². The van der Waals surface area contributed by atoms with Crippen LogP contribution in [0.15, 0.2) is 11.6 Å². The minimum Gasteiger partial charge on any atom is -0.548 e. The van der Waals surface area contributed by atoms with Crippen molar-refractivity contribution in [1.82, 2.24) is 9.88 Å². The summed E-state index contributed by atoms with van der Waals surface area (Å²) in [6, 6.07) is -1.65. The number of fused-ring (bicyclic) bond motifs is 1. The summed E-state index contributed by atoms with van der Waals surface area (Å²) in [4.78, 5) is 28.9. The van der Waals surface area contributed by atoms with Crippen molar-refractivity contribution >= 4 is 49.0 Å². The van der Waals surface area contributed by atoms with Crippen molar-refractivity contribution in [2.75, 3.05) is 6.61 Å². The standard InChI is InChI=1S/C12H13BrN2O6S2.K/c1-11(2-4-16)6(7(17)18)15-9(19)12(13,8-14-3-5-22-8)10(15)23(11,20)21;/h3,5-6,10,16H,2,4H2,1H3,(H,17,18);/q;+1/p-1/t6-,10+,11?,12?;/m0./s1. The summed E-state index contributed by atoms with van der Waals surface area (Å²) >= 11 is 4.28. The third kappa shape index (κ3) is 2.38. The molecule has 2 unspecified atom stereocenters. The zero-order chi connectivity index (χ0) is 17.2. The fourth-order valence-corrected chi connectivity index (χ4v) is 8.24. The van der Waals surface area contributed by atoms with Crippen LogP contribution >= 0.6 is 27.3 Å². The zero-order valence-electron chi connectivity index (χ0n) is 12.8. The monoisotopic (exact) mass is 462 g/mol. The molecule has 1 amide bonds. The van der Waals surface area contributed by atoms with Gasteiger partial charge in [-0.25, -0.2) is 13.4 Å². The second kappa shape index (κ2) is 6.64. The molecule has 0 saturated carbocycles. The second-order valence-electron chi connectivity index (χ2n) is 5.67. The van der Waals surface area contributed by atoms with E-state index in [-0.39, 0.29) is 62.8 Å². The van der Waals surface area contributed by atoms with E-state index in [0.717, 1.165) is 16.2 Å². The van der Waals surface area contributed by atoms with E-state index in [2.05, 4.69) is 20.9 Å². The van der Waals surface area contributed by atoms with Gasteiger partial charge < -0.3 is 19.9 Å². The average Bonchev–Trinajstić information content (AvgIpc) is 3.03. The molecule has 4 atom stereocenters. The molecule has 1 N–H and O–H groups in total. The molecule has 0 aromatic carbocycles. The Balaban J connectivity index is 0.00000208. The summed E-state index contributed by atoms with van der Waals surface area (Å²) in [5, 5.41) is 21.2. The van der Waals surface area contributed by atoms with Crippen LogP contribution < -0.4 is 56.5 Å². The normalized spacial score (nSPS) is 36.6. The number of amides is 1. The first-order valence-corrected chi connectivity index (χ1v) is 9.82. The van der Waals surface area contributed by atoms with Gasteiger partial charge in [-0.15, -0.1) is 11.3 Å². The molecule has 1 aromatic heterocycles. The number of aromatic nitrogens is 1. The summed E-state index contributed by atoms with van der Waals surface area (Å²) in [7, 11) is -4.11. The molecule has 2 fully saturated rings. The van der Waals surface area contributed by atoms with Gasteiger partial charge >= 0.3 is 51.4 Å². The van der Waals surface area contributed by atoms with E-state index in [0.29, 0.717) is 0 Å². The molecular weight excluding hydrogens is 451 g/mol. The van der Waals surface area contributed by atoms with Crippen LogP contribution in [0.2, 0.25) is 0 Å². The molecule has 12 heteroatoms. The minimum atomic E-state index is -4.11. The van der Waals surface area contributed by atoms with Gasteiger partial charge in [-0.05, 0) is 13.3 Å². The van der Waals surface area contributed by atoms with Crippen molar-refractivity contribution in [2.45, 2.75) is 33.8 Å². The fourth-order valence-electron chi connectivity index (χ4n) is 3.31. The van der Waals surface area contributed by atoms with Gasteiger partial charge in [0.15, 0.2) is 19.5 Å². The number of halogens is 1. The Labute approximate surface area is 193 Å². The molecule has 0 spiro atoms. The number of carbonyl (C=O) groups is 2. The number of aliphatic carboxylic acids is 1. The van der Waals surface area contributed by atoms with Crippen molar-refractivity contribution in [3.8, 4) is 0 Å². The van der Waals surface area contributed by atoms with E-state index in [1.807, 2.05) is 0 Å². The molecular formula is C12H12BrKN2O6S2. The average molecular weight is 463 g/mol. The molecule has 0 aliphatic carbocycles. The third-order valence-corrected chi connectivity index (χ3v) is 10.0. The van der Waals surface area contributed by atoms with E-state index >= 15 is 0 Å². The van der Waals surface area contributed by atoms with Crippen LogP contribution in [0.5, 0.6) is 0 Å². The molecule has 8 nitrogen and oxygen atoms in total. The van der Waals surface area contributed by atoms with Crippen molar-refractivity contribution in [2.24, 2.45) is 0 Å². The number of sulfone groups is 1. The summed E-state index contributed by atoms with van der Waals surface area (Å²) in [5.41, 5.74) is 0. The molecule has 3 rings (SSSR count). The number of aliphatic hydroxyl groups is 1. The van der Waals surface area contributed by atoms with E-state index in [9.17, 15) is 28.2 Å². The van der Waals surface area contributed by atoms with E-state index in [4.69, 9.17) is 0 Å². The van der Waals surface area contributed by atoms with Crippen LogP contribution in [-0.2, 0) is 23.8 Å². The van der Waals surface area contributed by atoms with Gasteiger partial charge in [0, 0.05) is 18.2 Å². The first kappa shape index (κ1) is 20.9. The topological polar surface area (TPSA) is 128 Å². The van der Waals surface area contributed by atoms with Crippen molar-refractivity contribution in [3.63, 3.8) is 0 Å². The van der Waals surface area contributed by atoms with Crippen LogP contribution in [0, 0.1) is 0 Å². The Morgan fingerprint density at radius 2 is 2.21 bits per heavy atom. The van der Waals surface area contributed by atoms with Crippen LogP contribution in [0.1, 0.15) is 18.4 Å². The SMILES string of the molecule is CC1(CCO)[C@H](C(=O)[O-])N2C(=O)C(Br)(c3nccs3)[C@H]2S1(=O)=O.[K+]. The van der Waals surface area contributed by atoms with Gasteiger partial charge in [0.05, 0.1) is 16.8 Å². The Morgan fingerprint density at radius 1 is 1.58 bits per heavy atom. The number of carboxylic acid groups (broad SMARTS) is 1. The number of hydrogen-bond donors (Lipinski definition) is 1. The second-order valence-corrected chi connectivity index (χ2v) is 10.3. The maximum Gasteiger partial charge on any atom is 1.00 e. The third-order valence-electron chi connectivity index (χ3n) is 4.51. The maximum absolute atomic E-state index is 13.0. The fraction of sp³-hybridized carbons (Fsp3) is 0.583. The predicted molar refractivity (Wildman–Crippen MR) is 81.2 cm³/mol. The van der Waals surface area contributed by atoms with Gasteiger partial charge in [0.2, 0.25) is 0 Å². The predicted octanol–water partition coefficient (Wildman–Crippen LogP) is -4.41. The first-order chi connectivity index (χ1) is 10.6. The maximum atomic E-state index is 13.0. The molecule has 126 valence electrons. The van der Waals surface area contributed by atoms with Crippen LogP contribution in [0.4, 0.5) is 0 Å². The number of carbonyl (C=O) groups excluding carboxylic acids is 2. The molecule has 2 aliphatic rings. The molecule has 2 aliphatic heterocycles. The van der Waals surface area contributed by atoms with E-state index in [1.54, 1.807) is 5.38 Å². The summed E-state index contributed by atoms with van der Waals surface area (Å²) in [6.07, 6.45) is 1.12. The zero-order valence-corrected chi connectivity index (χ0v) is 19.1. The number of rotatable bonds is 4. The molecule has 2 saturated heterocycles. The quantitative estimate of drug-likeness (QED) is 0.271. The summed E-state index contributed by atoms with van der Waals surface area (Å²) in [6.45, 7) is 0.695. The Morgan fingerprint density at radius 3 is 2.67 bits per heavy atom. The van der Waals surface area contributed by atoms with Gasteiger partial charge in [0.1, 0.15) is 5.01 Å². The molecule has 0 radical (unpaired) electrons. The van der Waals surface area contributed by atoms with E-state index in [1.165, 1.54) is 13.1 Å². The largest absolute Gasteiger partial charge is 1.00 e. The first-order valence-electron chi connectivity index (χ1n) is 6.61. The van der Waals surface area contributed by atoms with Crippen molar-refractivity contribution in [3.05, 3.63) is 16.6 Å². The Bertz CT molecular complexity index is 787. The number of aliphatic hydroxyl groups excluding tert-OH is 1. The van der Waals surface area contributed by atoms with Gasteiger partial charge in [-0.1, -0.05) is 15.9 Å². The van der Waals surface area contributed by atoms with Gasteiger partial charge in [-0.3, -0.25) is 4.79 Å².